The third-order valence-electron chi connectivity index (χ3n) is 1.73. The van der Waals surface area contributed by atoms with Gasteiger partial charge in [-0.3, -0.25) is 0 Å². The number of allylic oxidation sites excluding steroid dienone is 3. The molecule has 0 aliphatic heterocycles. The van der Waals surface area contributed by atoms with Crippen LogP contribution in [-0.2, 0) is 10.0 Å². The lowest BCUT2D eigenvalue weighted by Gasteiger charge is -1.99. The fourth-order valence-corrected chi connectivity index (χ4v) is 1.74. The first kappa shape index (κ1) is 13.4. The Hall–Kier alpha value is -0.610. The van der Waals surface area contributed by atoms with Gasteiger partial charge in [0.25, 0.3) is 0 Å². The van der Waals surface area contributed by atoms with Crippen molar-refractivity contribution in [1.29, 1.82) is 0 Å². The monoisotopic (exact) mass is 217 g/mol. The normalized spacial score (nSPS) is 12.7. The van der Waals surface area contributed by atoms with E-state index in [9.17, 15) is 8.42 Å². The summed E-state index contributed by atoms with van der Waals surface area (Å²) < 4.78 is 24.5. The van der Waals surface area contributed by atoms with Gasteiger partial charge in [-0.15, -0.1) is 0 Å². The maximum atomic E-state index is 11.1. The molecule has 0 rings (SSSR count). The summed E-state index contributed by atoms with van der Waals surface area (Å²) in [5, 5.41) is 1.28. The van der Waals surface area contributed by atoms with Crippen molar-refractivity contribution in [3.05, 3.63) is 22.6 Å². The van der Waals surface area contributed by atoms with Gasteiger partial charge in [-0.05, 0) is 40.7 Å². The van der Waals surface area contributed by atoms with Gasteiger partial charge in [0.05, 0.1) is 0 Å². The van der Waals surface area contributed by atoms with Crippen molar-refractivity contribution in [3.63, 3.8) is 0 Å². The van der Waals surface area contributed by atoms with Crippen LogP contribution in [0.3, 0.4) is 0 Å². The Balaban J connectivity index is 4.22. The highest BCUT2D eigenvalue weighted by atomic mass is 32.2. The Bertz CT molecular complexity index is 322. The Labute approximate surface area is 87.0 Å². The molecule has 0 saturated carbocycles. The first-order chi connectivity index (χ1) is 6.37. The van der Waals surface area contributed by atoms with E-state index in [1.54, 1.807) is 0 Å². The van der Waals surface area contributed by atoms with Crippen molar-refractivity contribution in [1.82, 2.24) is 4.72 Å². The molecule has 0 aliphatic carbocycles. The van der Waals surface area contributed by atoms with E-state index in [0.29, 0.717) is 0 Å². The number of sulfonamides is 1. The summed E-state index contributed by atoms with van der Waals surface area (Å²) in [5.41, 5.74) is 2.13. The molecule has 0 aliphatic rings. The molecule has 0 radical (unpaired) electrons. The van der Waals surface area contributed by atoms with E-state index in [-0.39, 0.29) is 0 Å². The molecule has 1 N–H and O–H groups in total. The number of rotatable bonds is 5. The van der Waals surface area contributed by atoms with Gasteiger partial charge in [0, 0.05) is 5.41 Å². The first-order valence-electron chi connectivity index (χ1n) is 4.61. The van der Waals surface area contributed by atoms with Crippen molar-refractivity contribution < 1.29 is 8.42 Å². The standard InChI is InChI=1S/C10H19NO2S/c1-9(2)6-5-7-10(3)8-14(12,13)11-4/h6,8,11H,5,7H2,1-4H3/b10-8+. The highest BCUT2D eigenvalue weighted by Crippen LogP contribution is 2.07. The van der Waals surface area contributed by atoms with Crippen LogP contribution in [0.4, 0.5) is 0 Å². The van der Waals surface area contributed by atoms with Crippen molar-refractivity contribution >= 4 is 10.0 Å². The van der Waals surface area contributed by atoms with Crippen LogP contribution in [0.2, 0.25) is 0 Å². The van der Waals surface area contributed by atoms with Crippen LogP contribution in [0, 0.1) is 0 Å². The lowest BCUT2D eigenvalue weighted by Crippen LogP contribution is -2.15. The summed E-state index contributed by atoms with van der Waals surface area (Å²) in [4.78, 5) is 0. The molecule has 0 aromatic carbocycles. The molecule has 0 spiro atoms. The second kappa shape index (κ2) is 5.98. The fraction of sp³-hybridized carbons (Fsp3) is 0.600. The van der Waals surface area contributed by atoms with E-state index < -0.39 is 10.0 Å². The van der Waals surface area contributed by atoms with Crippen LogP contribution in [0.15, 0.2) is 22.6 Å². The van der Waals surface area contributed by atoms with Crippen molar-refractivity contribution in [2.75, 3.05) is 7.05 Å². The van der Waals surface area contributed by atoms with Gasteiger partial charge in [0.2, 0.25) is 10.0 Å². The van der Waals surface area contributed by atoms with Gasteiger partial charge < -0.3 is 0 Å². The zero-order chi connectivity index (χ0) is 11.2. The summed E-state index contributed by atoms with van der Waals surface area (Å²) >= 11 is 0. The van der Waals surface area contributed by atoms with E-state index in [0.717, 1.165) is 18.4 Å². The quantitative estimate of drug-likeness (QED) is 0.717. The number of nitrogens with one attached hydrogen (secondary N) is 1. The Kier molecular flexibility index (Phi) is 5.72. The molecule has 0 heterocycles. The summed E-state index contributed by atoms with van der Waals surface area (Å²) in [7, 11) is -1.79. The van der Waals surface area contributed by atoms with E-state index in [2.05, 4.69) is 10.8 Å². The predicted molar refractivity (Wildman–Crippen MR) is 60.4 cm³/mol. The van der Waals surface area contributed by atoms with Gasteiger partial charge in [-0.2, -0.15) is 0 Å². The van der Waals surface area contributed by atoms with E-state index >= 15 is 0 Å². The van der Waals surface area contributed by atoms with Gasteiger partial charge in [-0.25, -0.2) is 13.1 Å². The summed E-state index contributed by atoms with van der Waals surface area (Å²) in [6.45, 7) is 5.89. The van der Waals surface area contributed by atoms with Gasteiger partial charge in [0.15, 0.2) is 0 Å². The Morgan fingerprint density at radius 3 is 2.29 bits per heavy atom. The molecule has 82 valence electrons. The van der Waals surface area contributed by atoms with Gasteiger partial charge in [0.1, 0.15) is 0 Å². The highest BCUT2D eigenvalue weighted by Gasteiger charge is 2.01. The van der Waals surface area contributed by atoms with Crippen LogP contribution < -0.4 is 4.72 Å². The number of hydrogen-bond acceptors (Lipinski definition) is 2. The lowest BCUT2D eigenvalue weighted by atomic mass is 10.1. The van der Waals surface area contributed by atoms with E-state index in [4.69, 9.17) is 0 Å². The molecule has 0 aromatic heterocycles. The first-order valence-corrected chi connectivity index (χ1v) is 6.16. The molecule has 3 nitrogen and oxygen atoms in total. The Morgan fingerprint density at radius 1 is 1.29 bits per heavy atom. The number of hydrogen-bond donors (Lipinski definition) is 1. The topological polar surface area (TPSA) is 46.2 Å². The Morgan fingerprint density at radius 2 is 1.86 bits per heavy atom. The molecule has 0 amide bonds. The van der Waals surface area contributed by atoms with E-state index in [1.807, 2.05) is 20.8 Å². The average Bonchev–Trinajstić information content (AvgIpc) is 2.02. The fourth-order valence-electron chi connectivity index (χ4n) is 0.971. The second-order valence-electron chi connectivity index (χ2n) is 3.53. The smallest absolute Gasteiger partial charge is 0.215 e. The molecular formula is C10H19NO2S. The molecular weight excluding hydrogens is 198 g/mol. The summed E-state index contributed by atoms with van der Waals surface area (Å²) in [6.07, 6.45) is 3.78. The van der Waals surface area contributed by atoms with Crippen molar-refractivity contribution in [2.24, 2.45) is 0 Å². The van der Waals surface area contributed by atoms with Crippen LogP contribution in [0.25, 0.3) is 0 Å². The third kappa shape index (κ3) is 6.86. The molecule has 4 heteroatoms. The molecule has 0 atom stereocenters. The minimum absolute atomic E-state index is 0.784. The molecule has 0 unspecified atom stereocenters. The molecule has 0 fully saturated rings. The second-order valence-corrected chi connectivity index (χ2v) is 5.27. The van der Waals surface area contributed by atoms with E-state index in [1.165, 1.54) is 18.0 Å². The van der Waals surface area contributed by atoms with Gasteiger partial charge >= 0.3 is 0 Å². The zero-order valence-corrected chi connectivity index (χ0v) is 10.1. The lowest BCUT2D eigenvalue weighted by molar-refractivity contribution is 0.597. The minimum Gasteiger partial charge on any atom is -0.215 e. The van der Waals surface area contributed by atoms with Crippen LogP contribution in [0.1, 0.15) is 33.6 Å². The van der Waals surface area contributed by atoms with Crippen LogP contribution in [0.5, 0.6) is 0 Å². The third-order valence-corrected chi connectivity index (χ3v) is 3.01. The largest absolute Gasteiger partial charge is 0.233 e. The molecule has 0 aromatic rings. The minimum atomic E-state index is -3.20. The summed E-state index contributed by atoms with van der Waals surface area (Å²) in [6, 6.07) is 0. The molecule has 0 saturated heterocycles. The van der Waals surface area contributed by atoms with Crippen molar-refractivity contribution in [2.45, 2.75) is 33.6 Å². The van der Waals surface area contributed by atoms with Crippen molar-refractivity contribution in [3.8, 4) is 0 Å². The molecule has 14 heavy (non-hydrogen) atoms. The van der Waals surface area contributed by atoms with Crippen LogP contribution in [-0.4, -0.2) is 15.5 Å². The van der Waals surface area contributed by atoms with Crippen LogP contribution >= 0.6 is 0 Å². The maximum Gasteiger partial charge on any atom is 0.233 e. The molecule has 0 bridgehead atoms. The SMILES string of the molecule is CNS(=O)(=O)/C=C(\C)CCC=C(C)C. The predicted octanol–water partition coefficient (Wildman–Crippen LogP) is 2.19. The zero-order valence-electron chi connectivity index (χ0n) is 9.29. The summed E-state index contributed by atoms with van der Waals surface area (Å²) in [5.74, 6) is 0. The highest BCUT2D eigenvalue weighted by molar-refractivity contribution is 7.92. The average molecular weight is 217 g/mol. The van der Waals surface area contributed by atoms with Gasteiger partial charge in [-0.1, -0.05) is 17.2 Å². The maximum absolute atomic E-state index is 11.1.